The fourth-order valence-electron chi connectivity index (χ4n) is 3.29. The van der Waals surface area contributed by atoms with E-state index in [9.17, 15) is 4.79 Å². The molecular formula is C18H22N2O4. The summed E-state index contributed by atoms with van der Waals surface area (Å²) in [6.07, 6.45) is 8.28. The van der Waals surface area contributed by atoms with Crippen molar-refractivity contribution in [2.24, 2.45) is 0 Å². The van der Waals surface area contributed by atoms with Gasteiger partial charge >= 0.3 is 5.97 Å². The molecule has 1 aliphatic carbocycles. The normalized spacial score (nSPS) is 20.7. The van der Waals surface area contributed by atoms with Crippen molar-refractivity contribution in [3.8, 4) is 17.1 Å². The highest BCUT2D eigenvalue weighted by Gasteiger charge is 2.24. The molecule has 6 heteroatoms. The van der Waals surface area contributed by atoms with Gasteiger partial charge in [-0.05, 0) is 37.8 Å². The van der Waals surface area contributed by atoms with Crippen LogP contribution in [0.1, 0.15) is 31.7 Å². The monoisotopic (exact) mass is 330 g/mol. The van der Waals surface area contributed by atoms with E-state index in [0.717, 1.165) is 37.1 Å². The molecule has 6 nitrogen and oxygen atoms in total. The minimum Gasteiger partial charge on any atom is -0.481 e. The van der Waals surface area contributed by atoms with Crippen molar-refractivity contribution in [2.75, 3.05) is 13.7 Å². The molecule has 1 aromatic heterocycles. The summed E-state index contributed by atoms with van der Waals surface area (Å²) in [6.45, 7) is -0.364. The van der Waals surface area contributed by atoms with Gasteiger partial charge < -0.3 is 19.1 Å². The van der Waals surface area contributed by atoms with Crippen LogP contribution in [0, 0.1) is 0 Å². The Hall–Kier alpha value is -2.34. The van der Waals surface area contributed by atoms with Crippen LogP contribution in [0.4, 0.5) is 0 Å². The maximum Gasteiger partial charge on any atom is 0.341 e. The predicted octanol–water partition coefficient (Wildman–Crippen LogP) is 3.14. The first-order valence-electron chi connectivity index (χ1n) is 8.18. The number of ether oxygens (including phenoxy) is 2. The fraction of sp³-hybridized carbons (Fsp3) is 0.444. The Morgan fingerprint density at radius 3 is 2.75 bits per heavy atom. The van der Waals surface area contributed by atoms with Crippen LogP contribution in [0.15, 0.2) is 36.7 Å². The molecular weight excluding hydrogens is 308 g/mol. The van der Waals surface area contributed by atoms with Gasteiger partial charge in [0.05, 0.1) is 11.7 Å². The molecule has 0 amide bonds. The number of methoxy groups -OCH3 is 1. The molecule has 1 heterocycles. The SMILES string of the molecule is COC1CCC(n2ccnc2-c2ccccc2OCC(=O)O)CC1. The van der Waals surface area contributed by atoms with Gasteiger partial charge in [-0.3, -0.25) is 0 Å². The van der Waals surface area contributed by atoms with E-state index in [0.29, 0.717) is 17.9 Å². The topological polar surface area (TPSA) is 73.6 Å². The summed E-state index contributed by atoms with van der Waals surface area (Å²) in [4.78, 5) is 15.3. The van der Waals surface area contributed by atoms with E-state index < -0.39 is 5.97 Å². The standard InChI is InChI=1S/C18H22N2O4/c1-23-14-8-6-13(7-9-14)20-11-10-19-18(20)15-4-2-3-5-16(15)24-12-17(21)22/h2-5,10-11,13-14H,6-9,12H2,1H3,(H,21,22). The Kier molecular flexibility index (Phi) is 5.15. The lowest BCUT2D eigenvalue weighted by atomic mass is 9.92. The summed E-state index contributed by atoms with van der Waals surface area (Å²) in [5, 5.41) is 8.85. The molecule has 24 heavy (non-hydrogen) atoms. The van der Waals surface area contributed by atoms with Gasteiger partial charge in [-0.1, -0.05) is 12.1 Å². The lowest BCUT2D eigenvalue weighted by Crippen LogP contribution is -2.22. The summed E-state index contributed by atoms with van der Waals surface area (Å²) < 4.78 is 13.0. The van der Waals surface area contributed by atoms with Gasteiger partial charge in [0.25, 0.3) is 0 Å². The fourth-order valence-corrected chi connectivity index (χ4v) is 3.29. The van der Waals surface area contributed by atoms with Crippen molar-refractivity contribution in [3.05, 3.63) is 36.7 Å². The number of para-hydroxylation sites is 1. The first-order chi connectivity index (χ1) is 11.7. The van der Waals surface area contributed by atoms with Gasteiger partial charge in [0.2, 0.25) is 0 Å². The van der Waals surface area contributed by atoms with Crippen molar-refractivity contribution in [2.45, 2.75) is 37.8 Å². The molecule has 0 aliphatic heterocycles. The Balaban J connectivity index is 1.84. The molecule has 1 fully saturated rings. The van der Waals surface area contributed by atoms with Crippen molar-refractivity contribution in [1.82, 2.24) is 9.55 Å². The van der Waals surface area contributed by atoms with Crippen LogP contribution in [-0.4, -0.2) is 40.4 Å². The molecule has 0 saturated heterocycles. The largest absolute Gasteiger partial charge is 0.481 e. The van der Waals surface area contributed by atoms with E-state index in [1.165, 1.54) is 0 Å². The molecule has 2 aromatic rings. The zero-order valence-electron chi connectivity index (χ0n) is 13.7. The maximum absolute atomic E-state index is 10.8. The Labute approximate surface area is 141 Å². The highest BCUT2D eigenvalue weighted by molar-refractivity contribution is 5.70. The second-order valence-corrected chi connectivity index (χ2v) is 6.00. The van der Waals surface area contributed by atoms with Gasteiger partial charge in [0, 0.05) is 25.5 Å². The second-order valence-electron chi connectivity index (χ2n) is 6.00. The number of nitrogens with zero attached hydrogens (tertiary/aromatic N) is 2. The number of rotatable bonds is 6. The van der Waals surface area contributed by atoms with Gasteiger partial charge in [-0.25, -0.2) is 9.78 Å². The van der Waals surface area contributed by atoms with E-state index >= 15 is 0 Å². The van der Waals surface area contributed by atoms with Gasteiger partial charge in [-0.2, -0.15) is 0 Å². The van der Waals surface area contributed by atoms with Crippen LogP contribution >= 0.6 is 0 Å². The van der Waals surface area contributed by atoms with Crippen LogP contribution in [-0.2, 0) is 9.53 Å². The van der Waals surface area contributed by atoms with Crippen LogP contribution in [0.2, 0.25) is 0 Å². The Morgan fingerprint density at radius 1 is 1.29 bits per heavy atom. The molecule has 1 N–H and O–H groups in total. The van der Waals surface area contributed by atoms with E-state index in [1.807, 2.05) is 24.4 Å². The first kappa shape index (κ1) is 16.5. The third-order valence-electron chi connectivity index (χ3n) is 4.52. The van der Waals surface area contributed by atoms with E-state index in [2.05, 4.69) is 9.55 Å². The summed E-state index contributed by atoms with van der Waals surface area (Å²) in [5.74, 6) is 0.362. The van der Waals surface area contributed by atoms with E-state index in [1.54, 1.807) is 19.4 Å². The number of imidazole rings is 1. The molecule has 1 saturated carbocycles. The molecule has 0 atom stereocenters. The number of hydrogen-bond donors (Lipinski definition) is 1. The Morgan fingerprint density at radius 2 is 2.04 bits per heavy atom. The van der Waals surface area contributed by atoms with Crippen molar-refractivity contribution in [1.29, 1.82) is 0 Å². The molecule has 3 rings (SSSR count). The number of carboxylic acids is 1. The number of carboxylic acid groups (broad SMARTS) is 1. The number of aliphatic carboxylic acids is 1. The summed E-state index contributed by atoms with van der Waals surface area (Å²) in [6, 6.07) is 7.80. The minimum absolute atomic E-state index is 0.347. The predicted molar refractivity (Wildman–Crippen MR) is 89.1 cm³/mol. The summed E-state index contributed by atoms with van der Waals surface area (Å²) in [7, 11) is 1.77. The summed E-state index contributed by atoms with van der Waals surface area (Å²) in [5.41, 5.74) is 0.817. The van der Waals surface area contributed by atoms with Crippen LogP contribution < -0.4 is 4.74 Å². The van der Waals surface area contributed by atoms with Crippen LogP contribution in [0.25, 0.3) is 11.4 Å². The van der Waals surface area contributed by atoms with Crippen LogP contribution in [0.5, 0.6) is 5.75 Å². The quantitative estimate of drug-likeness (QED) is 0.881. The van der Waals surface area contributed by atoms with E-state index in [-0.39, 0.29) is 6.61 Å². The molecule has 1 aliphatic rings. The highest BCUT2D eigenvalue weighted by Crippen LogP contribution is 2.35. The third-order valence-corrected chi connectivity index (χ3v) is 4.52. The lowest BCUT2D eigenvalue weighted by Gasteiger charge is -2.29. The second kappa shape index (κ2) is 7.49. The smallest absolute Gasteiger partial charge is 0.341 e. The zero-order valence-corrected chi connectivity index (χ0v) is 13.7. The highest BCUT2D eigenvalue weighted by atomic mass is 16.5. The third kappa shape index (κ3) is 3.59. The lowest BCUT2D eigenvalue weighted by molar-refractivity contribution is -0.139. The summed E-state index contributed by atoms with van der Waals surface area (Å²) >= 11 is 0. The molecule has 0 bridgehead atoms. The molecule has 0 spiro atoms. The van der Waals surface area contributed by atoms with Gasteiger partial charge in [0.1, 0.15) is 11.6 Å². The van der Waals surface area contributed by atoms with Crippen LogP contribution in [0.3, 0.4) is 0 Å². The molecule has 0 unspecified atom stereocenters. The number of hydrogen-bond acceptors (Lipinski definition) is 4. The van der Waals surface area contributed by atoms with Crippen molar-refractivity contribution >= 4 is 5.97 Å². The minimum atomic E-state index is -0.994. The number of benzene rings is 1. The number of carbonyl (C=O) groups is 1. The first-order valence-corrected chi connectivity index (χ1v) is 8.18. The van der Waals surface area contributed by atoms with E-state index in [4.69, 9.17) is 14.6 Å². The average Bonchev–Trinajstić information content (AvgIpc) is 3.09. The van der Waals surface area contributed by atoms with Gasteiger partial charge in [-0.15, -0.1) is 0 Å². The molecule has 1 aromatic carbocycles. The zero-order chi connectivity index (χ0) is 16.9. The molecule has 128 valence electrons. The molecule has 0 radical (unpaired) electrons. The van der Waals surface area contributed by atoms with Gasteiger partial charge in [0.15, 0.2) is 6.61 Å². The number of aromatic nitrogens is 2. The Bertz CT molecular complexity index is 690. The average molecular weight is 330 g/mol. The van der Waals surface area contributed by atoms with Crippen molar-refractivity contribution in [3.63, 3.8) is 0 Å². The van der Waals surface area contributed by atoms with Crippen molar-refractivity contribution < 1.29 is 19.4 Å². The maximum atomic E-state index is 10.8.